The van der Waals surface area contributed by atoms with E-state index >= 15 is 0 Å². The molecular formula is C28H29IN2O3. The Morgan fingerprint density at radius 1 is 0.676 bits per heavy atom. The predicted molar refractivity (Wildman–Crippen MR) is 142 cm³/mol. The molecule has 0 aliphatic carbocycles. The van der Waals surface area contributed by atoms with Crippen LogP contribution in [-0.4, -0.2) is 46.2 Å². The van der Waals surface area contributed by atoms with Crippen LogP contribution in [0.1, 0.15) is 16.7 Å². The second kappa shape index (κ2) is 11.4. The number of hydrogen-bond acceptors (Lipinski definition) is 5. The maximum absolute atomic E-state index is 6.55. The Hall–Kier alpha value is -2.26. The standard InChI is InChI=1S/C28H29IN2O3/c29-25-17-31-16-24(32-18-21-10-4-1-5-11-21)26(33-19-22-12-6-2-7-13-22)27(28(31)30-25)34-20-23-14-8-3-9-15-23/h1-15,24-27H,16-20H2/t24-,25?,26-,27+/m0/s1. The van der Waals surface area contributed by atoms with Gasteiger partial charge in [-0.05, 0) is 16.7 Å². The SMILES string of the molecule is IC1CN2C[C@H](OCc3ccccc3)[C@H](OCc3ccccc3)[C@@H](OCc3ccccc3)C2=N1. The molecule has 0 saturated carbocycles. The van der Waals surface area contributed by atoms with Gasteiger partial charge in [0.15, 0.2) is 0 Å². The number of rotatable bonds is 9. The topological polar surface area (TPSA) is 43.3 Å². The molecule has 3 aromatic rings. The van der Waals surface area contributed by atoms with E-state index in [-0.39, 0.29) is 22.4 Å². The largest absolute Gasteiger partial charge is 0.369 e. The number of amidine groups is 1. The van der Waals surface area contributed by atoms with E-state index in [1.54, 1.807) is 0 Å². The summed E-state index contributed by atoms with van der Waals surface area (Å²) in [5, 5.41) is 0. The van der Waals surface area contributed by atoms with Gasteiger partial charge in [0.2, 0.25) is 0 Å². The van der Waals surface area contributed by atoms with Gasteiger partial charge in [-0.1, -0.05) is 114 Å². The molecule has 0 N–H and O–H groups in total. The molecule has 1 fully saturated rings. The van der Waals surface area contributed by atoms with E-state index < -0.39 is 0 Å². The second-order valence-electron chi connectivity index (χ2n) is 8.64. The minimum absolute atomic E-state index is 0.134. The normalized spacial score (nSPS) is 24.0. The summed E-state index contributed by atoms with van der Waals surface area (Å²) in [5.41, 5.74) is 3.42. The highest BCUT2D eigenvalue weighted by Gasteiger charge is 2.46. The molecule has 0 radical (unpaired) electrons. The second-order valence-corrected chi connectivity index (χ2v) is 10.1. The van der Waals surface area contributed by atoms with Gasteiger partial charge in [0.1, 0.15) is 28.2 Å². The van der Waals surface area contributed by atoms with Crippen molar-refractivity contribution in [3.05, 3.63) is 108 Å². The molecule has 1 saturated heterocycles. The first kappa shape index (κ1) is 23.5. The summed E-state index contributed by atoms with van der Waals surface area (Å²) in [7, 11) is 0. The lowest BCUT2D eigenvalue weighted by atomic mass is 9.99. The average Bonchev–Trinajstić information content (AvgIpc) is 3.26. The number of aliphatic imine (C=N–C) groups is 1. The molecule has 3 aromatic carbocycles. The summed E-state index contributed by atoms with van der Waals surface area (Å²) in [5.74, 6) is 0.980. The van der Waals surface area contributed by atoms with Gasteiger partial charge in [0.05, 0.1) is 26.4 Å². The Bertz CT molecular complexity index is 1060. The monoisotopic (exact) mass is 568 g/mol. The highest BCUT2D eigenvalue weighted by atomic mass is 127. The number of piperidine rings is 1. The summed E-state index contributed by atoms with van der Waals surface area (Å²) in [6.45, 7) is 3.16. The Kier molecular flexibility index (Phi) is 7.90. The molecule has 2 heterocycles. The number of hydrogen-bond donors (Lipinski definition) is 0. The van der Waals surface area contributed by atoms with E-state index in [1.807, 2.05) is 54.6 Å². The number of benzene rings is 3. The number of ether oxygens (including phenoxy) is 3. The number of alkyl halides is 1. The molecule has 5 rings (SSSR count). The Balaban J connectivity index is 1.38. The molecule has 4 atom stereocenters. The molecule has 0 spiro atoms. The average molecular weight is 568 g/mol. The van der Waals surface area contributed by atoms with Gasteiger partial charge in [-0.3, -0.25) is 4.99 Å². The van der Waals surface area contributed by atoms with Crippen molar-refractivity contribution >= 4 is 28.4 Å². The predicted octanol–water partition coefficient (Wildman–Crippen LogP) is 5.23. The third kappa shape index (κ3) is 5.86. The minimum atomic E-state index is -0.293. The molecule has 0 bridgehead atoms. The first-order valence-corrected chi connectivity index (χ1v) is 12.9. The van der Waals surface area contributed by atoms with E-state index in [4.69, 9.17) is 19.2 Å². The van der Waals surface area contributed by atoms with Crippen molar-refractivity contribution in [3.8, 4) is 0 Å². The number of nitrogens with zero attached hydrogens (tertiary/aromatic N) is 2. The van der Waals surface area contributed by atoms with E-state index in [0.29, 0.717) is 19.8 Å². The zero-order valence-corrected chi connectivity index (χ0v) is 21.2. The van der Waals surface area contributed by atoms with Crippen LogP contribution in [0.5, 0.6) is 0 Å². The van der Waals surface area contributed by atoms with Crippen LogP contribution >= 0.6 is 22.6 Å². The van der Waals surface area contributed by atoms with E-state index in [1.165, 1.54) is 0 Å². The quantitative estimate of drug-likeness (QED) is 0.202. The third-order valence-corrected chi connectivity index (χ3v) is 6.82. The van der Waals surface area contributed by atoms with Gasteiger partial charge in [-0.2, -0.15) is 0 Å². The molecule has 2 aliphatic rings. The minimum Gasteiger partial charge on any atom is -0.369 e. The van der Waals surface area contributed by atoms with E-state index in [0.717, 1.165) is 35.6 Å². The van der Waals surface area contributed by atoms with Crippen LogP contribution in [0.4, 0.5) is 0 Å². The van der Waals surface area contributed by atoms with E-state index in [9.17, 15) is 0 Å². The number of halogens is 1. The van der Waals surface area contributed by atoms with Crippen molar-refractivity contribution in [2.45, 2.75) is 42.2 Å². The van der Waals surface area contributed by atoms with Crippen molar-refractivity contribution in [1.29, 1.82) is 0 Å². The fourth-order valence-corrected chi connectivity index (χ4v) is 5.20. The van der Waals surface area contributed by atoms with Crippen molar-refractivity contribution in [3.63, 3.8) is 0 Å². The molecule has 176 valence electrons. The van der Waals surface area contributed by atoms with Crippen molar-refractivity contribution < 1.29 is 14.2 Å². The van der Waals surface area contributed by atoms with Crippen LogP contribution in [0, 0.1) is 0 Å². The third-order valence-electron chi connectivity index (χ3n) is 6.15. The van der Waals surface area contributed by atoms with Crippen LogP contribution in [0.25, 0.3) is 0 Å². The molecule has 0 amide bonds. The summed E-state index contributed by atoms with van der Waals surface area (Å²) in [6.07, 6.45) is -0.687. The van der Waals surface area contributed by atoms with Crippen LogP contribution in [0.15, 0.2) is 96.0 Å². The summed E-state index contributed by atoms with van der Waals surface area (Å²) in [4.78, 5) is 7.24. The van der Waals surface area contributed by atoms with Crippen LogP contribution in [0.3, 0.4) is 0 Å². The molecule has 34 heavy (non-hydrogen) atoms. The maximum Gasteiger partial charge on any atom is 0.144 e. The molecule has 0 aromatic heterocycles. The fraction of sp³-hybridized carbons (Fsp3) is 0.321. The summed E-state index contributed by atoms with van der Waals surface area (Å²) >= 11 is 2.40. The van der Waals surface area contributed by atoms with Gasteiger partial charge < -0.3 is 19.1 Å². The van der Waals surface area contributed by atoms with Crippen LogP contribution in [-0.2, 0) is 34.0 Å². The van der Waals surface area contributed by atoms with Crippen LogP contribution in [0.2, 0.25) is 0 Å². The van der Waals surface area contributed by atoms with Crippen LogP contribution < -0.4 is 0 Å². The maximum atomic E-state index is 6.55. The van der Waals surface area contributed by atoms with Crippen molar-refractivity contribution in [2.75, 3.05) is 13.1 Å². The van der Waals surface area contributed by atoms with Gasteiger partial charge in [-0.15, -0.1) is 0 Å². The lowest BCUT2D eigenvalue weighted by molar-refractivity contribution is -0.149. The fourth-order valence-electron chi connectivity index (χ4n) is 4.44. The zero-order valence-electron chi connectivity index (χ0n) is 19.0. The number of fused-ring (bicyclic) bond motifs is 1. The molecule has 6 heteroatoms. The van der Waals surface area contributed by atoms with Gasteiger partial charge in [0, 0.05) is 6.54 Å². The highest BCUT2D eigenvalue weighted by Crippen LogP contribution is 2.30. The summed E-state index contributed by atoms with van der Waals surface area (Å²) < 4.78 is 19.8. The van der Waals surface area contributed by atoms with Crippen molar-refractivity contribution in [1.82, 2.24) is 4.90 Å². The van der Waals surface area contributed by atoms with Gasteiger partial charge in [-0.25, -0.2) is 0 Å². The van der Waals surface area contributed by atoms with Gasteiger partial charge in [0.25, 0.3) is 0 Å². The lowest BCUT2D eigenvalue weighted by Crippen LogP contribution is -2.60. The first-order valence-electron chi connectivity index (χ1n) is 11.7. The van der Waals surface area contributed by atoms with Crippen molar-refractivity contribution in [2.24, 2.45) is 4.99 Å². The molecule has 1 unspecified atom stereocenters. The zero-order chi connectivity index (χ0) is 23.2. The highest BCUT2D eigenvalue weighted by molar-refractivity contribution is 14.1. The summed E-state index contributed by atoms with van der Waals surface area (Å²) in [6, 6.07) is 30.8. The Labute approximate surface area is 214 Å². The lowest BCUT2D eigenvalue weighted by Gasteiger charge is -2.42. The smallest absolute Gasteiger partial charge is 0.144 e. The van der Waals surface area contributed by atoms with Gasteiger partial charge >= 0.3 is 0 Å². The van der Waals surface area contributed by atoms with E-state index in [2.05, 4.69) is 63.9 Å². The Morgan fingerprint density at radius 3 is 1.74 bits per heavy atom. The molecular weight excluding hydrogens is 539 g/mol. The first-order chi connectivity index (χ1) is 16.8. The Morgan fingerprint density at radius 2 is 1.18 bits per heavy atom. The molecule has 2 aliphatic heterocycles. The molecule has 5 nitrogen and oxygen atoms in total.